The maximum atomic E-state index is 5.38. The van der Waals surface area contributed by atoms with Crippen molar-refractivity contribution >= 4 is 44.1 Å². The molecule has 0 amide bonds. The van der Waals surface area contributed by atoms with Crippen LogP contribution in [0, 0.1) is 0 Å². The van der Waals surface area contributed by atoms with Gasteiger partial charge in [0.05, 0.1) is 16.7 Å². The van der Waals surface area contributed by atoms with Crippen molar-refractivity contribution in [3.8, 4) is 11.1 Å². The first kappa shape index (κ1) is 23.3. The number of benzene rings is 6. The van der Waals surface area contributed by atoms with Gasteiger partial charge in [0.25, 0.3) is 0 Å². The Morgan fingerprint density at radius 3 is 2.14 bits per heavy atom. The van der Waals surface area contributed by atoms with Crippen LogP contribution in [0.3, 0.4) is 0 Å². The van der Waals surface area contributed by atoms with Crippen molar-refractivity contribution in [3.05, 3.63) is 162 Å². The number of hydrogen-bond donors (Lipinski definition) is 1. The molecule has 2 heterocycles. The minimum absolute atomic E-state index is 0.180. The van der Waals surface area contributed by atoms with Crippen molar-refractivity contribution in [2.24, 2.45) is 4.99 Å². The number of nitrogens with one attached hydrogen (secondary N) is 1. The molecule has 1 aliphatic carbocycles. The fourth-order valence-corrected chi connectivity index (χ4v) is 7.12. The monoisotopic (exact) mass is 537 g/mol. The maximum Gasteiger partial charge on any atom is 0.133 e. The first-order chi connectivity index (χ1) is 20.9. The van der Waals surface area contributed by atoms with Gasteiger partial charge in [-0.05, 0) is 45.7 Å². The number of para-hydroxylation sites is 1. The first-order valence-corrected chi connectivity index (χ1v) is 14.6. The van der Waals surface area contributed by atoms with E-state index in [0.29, 0.717) is 0 Å². The summed E-state index contributed by atoms with van der Waals surface area (Å²) in [5.41, 5.74) is 11.4. The van der Waals surface area contributed by atoms with Gasteiger partial charge in [0.1, 0.15) is 11.9 Å². The van der Waals surface area contributed by atoms with Crippen LogP contribution in [0.25, 0.3) is 49.4 Å². The average Bonchev–Trinajstić information content (AvgIpc) is 3.62. The second-order valence-corrected chi connectivity index (χ2v) is 11.2. The van der Waals surface area contributed by atoms with Gasteiger partial charge in [0.2, 0.25) is 0 Å². The molecule has 42 heavy (non-hydrogen) atoms. The standard InChI is InChI=1S/C39H27N3/c1-3-13-25(14-4-1)37-34(24-40-39(41-37)26-15-5-2-6-16-26)42-33-22-12-11-21-31(33)36-35-28-18-8-7-17-27(28)23-32(35)29-19-9-10-20-30(29)38(36)42/h1-22,24,37H,23H2,(H,40,41). The van der Waals surface area contributed by atoms with Crippen molar-refractivity contribution in [1.82, 2.24) is 9.88 Å². The molecule has 2 aliphatic rings. The molecule has 3 heteroatoms. The fourth-order valence-electron chi connectivity index (χ4n) is 7.12. The summed E-state index contributed by atoms with van der Waals surface area (Å²) in [4.78, 5) is 5.38. The van der Waals surface area contributed by atoms with Crippen LogP contribution < -0.4 is 5.32 Å². The lowest BCUT2D eigenvalue weighted by atomic mass is 9.93. The Morgan fingerprint density at radius 2 is 1.31 bits per heavy atom. The molecule has 1 aliphatic heterocycles. The molecule has 3 nitrogen and oxygen atoms in total. The van der Waals surface area contributed by atoms with Gasteiger partial charge in [-0.2, -0.15) is 0 Å². The zero-order chi connectivity index (χ0) is 27.6. The summed E-state index contributed by atoms with van der Waals surface area (Å²) in [5, 5.41) is 8.80. The molecule has 1 atom stereocenters. The summed E-state index contributed by atoms with van der Waals surface area (Å²) in [6.45, 7) is 0. The van der Waals surface area contributed by atoms with Crippen molar-refractivity contribution in [1.29, 1.82) is 0 Å². The second-order valence-electron chi connectivity index (χ2n) is 11.2. The number of nitrogens with zero attached hydrogens (tertiary/aromatic N) is 2. The second kappa shape index (κ2) is 9.05. The Hall–Kier alpha value is -5.41. The van der Waals surface area contributed by atoms with E-state index in [0.717, 1.165) is 23.5 Å². The van der Waals surface area contributed by atoms with E-state index in [2.05, 4.69) is 143 Å². The highest BCUT2D eigenvalue weighted by atomic mass is 15.1. The number of hydrogen-bond acceptors (Lipinski definition) is 2. The number of amidine groups is 1. The van der Waals surface area contributed by atoms with Gasteiger partial charge in [-0.15, -0.1) is 0 Å². The van der Waals surface area contributed by atoms with Gasteiger partial charge in [-0.3, -0.25) is 4.99 Å². The molecular weight excluding hydrogens is 510 g/mol. The van der Waals surface area contributed by atoms with E-state index in [1.807, 2.05) is 6.07 Å². The number of aromatic nitrogens is 1. The Morgan fingerprint density at radius 1 is 0.643 bits per heavy atom. The SMILES string of the molecule is C1=C(n2c3ccccc3c3c4c(c5ccccc5c32)Cc2ccccc2-4)C(c2ccccc2)N=C(c2ccccc2)N1. The number of rotatable bonds is 3. The first-order valence-electron chi connectivity index (χ1n) is 14.6. The van der Waals surface area contributed by atoms with Gasteiger partial charge >= 0.3 is 0 Å². The molecule has 0 bridgehead atoms. The topological polar surface area (TPSA) is 29.3 Å². The van der Waals surface area contributed by atoms with E-state index in [1.165, 1.54) is 60.4 Å². The van der Waals surface area contributed by atoms with E-state index in [1.54, 1.807) is 0 Å². The van der Waals surface area contributed by atoms with Gasteiger partial charge in [-0.1, -0.05) is 127 Å². The molecule has 0 saturated heterocycles. The van der Waals surface area contributed by atoms with E-state index in [9.17, 15) is 0 Å². The van der Waals surface area contributed by atoms with Crippen LogP contribution in [0.15, 0.2) is 145 Å². The molecule has 1 unspecified atom stereocenters. The summed E-state index contributed by atoms with van der Waals surface area (Å²) < 4.78 is 2.48. The molecule has 0 fully saturated rings. The predicted octanol–water partition coefficient (Wildman–Crippen LogP) is 9.11. The Balaban J connectivity index is 1.40. The summed E-state index contributed by atoms with van der Waals surface area (Å²) >= 11 is 0. The van der Waals surface area contributed by atoms with Crippen LogP contribution in [-0.4, -0.2) is 10.4 Å². The summed E-state index contributed by atoms with van der Waals surface area (Å²) in [5.74, 6) is 0.883. The summed E-state index contributed by atoms with van der Waals surface area (Å²) in [7, 11) is 0. The average molecular weight is 538 g/mol. The van der Waals surface area contributed by atoms with Crippen LogP contribution >= 0.6 is 0 Å². The lowest BCUT2D eigenvalue weighted by Crippen LogP contribution is -2.26. The fraction of sp³-hybridized carbons (Fsp3) is 0.0513. The van der Waals surface area contributed by atoms with E-state index >= 15 is 0 Å². The Labute approximate surface area is 244 Å². The molecule has 7 aromatic rings. The van der Waals surface area contributed by atoms with Gasteiger partial charge < -0.3 is 9.88 Å². The van der Waals surface area contributed by atoms with Crippen LogP contribution in [0.2, 0.25) is 0 Å². The van der Waals surface area contributed by atoms with Crippen molar-refractivity contribution in [3.63, 3.8) is 0 Å². The third-order valence-corrected chi connectivity index (χ3v) is 8.90. The lowest BCUT2D eigenvalue weighted by molar-refractivity contribution is 0.845. The molecule has 1 aromatic heterocycles. The largest absolute Gasteiger partial charge is 0.345 e. The minimum atomic E-state index is -0.180. The van der Waals surface area contributed by atoms with Crippen LogP contribution in [0.4, 0.5) is 0 Å². The van der Waals surface area contributed by atoms with E-state index < -0.39 is 0 Å². The number of fused-ring (bicyclic) bond motifs is 10. The zero-order valence-corrected chi connectivity index (χ0v) is 23.0. The maximum absolute atomic E-state index is 5.38. The zero-order valence-electron chi connectivity index (χ0n) is 23.0. The molecule has 198 valence electrons. The molecule has 9 rings (SSSR count). The molecule has 6 aromatic carbocycles. The van der Waals surface area contributed by atoms with Crippen LogP contribution in [0.1, 0.15) is 28.3 Å². The lowest BCUT2D eigenvalue weighted by Gasteiger charge is -2.26. The smallest absolute Gasteiger partial charge is 0.133 e. The third kappa shape index (κ3) is 3.31. The minimum Gasteiger partial charge on any atom is -0.345 e. The highest BCUT2D eigenvalue weighted by Crippen LogP contribution is 2.50. The van der Waals surface area contributed by atoms with Crippen LogP contribution in [-0.2, 0) is 6.42 Å². The van der Waals surface area contributed by atoms with Crippen molar-refractivity contribution in [2.45, 2.75) is 12.5 Å². The predicted molar refractivity (Wildman–Crippen MR) is 175 cm³/mol. The van der Waals surface area contributed by atoms with E-state index in [-0.39, 0.29) is 6.04 Å². The molecule has 0 spiro atoms. The highest BCUT2D eigenvalue weighted by Gasteiger charge is 2.31. The summed E-state index contributed by atoms with van der Waals surface area (Å²) in [6.07, 6.45) is 3.14. The van der Waals surface area contributed by atoms with Crippen molar-refractivity contribution in [2.75, 3.05) is 0 Å². The highest BCUT2D eigenvalue weighted by molar-refractivity contribution is 6.26. The van der Waals surface area contributed by atoms with Gasteiger partial charge in [-0.25, -0.2) is 0 Å². The van der Waals surface area contributed by atoms with Crippen LogP contribution in [0.5, 0.6) is 0 Å². The normalized spacial score (nSPS) is 15.8. The van der Waals surface area contributed by atoms with Gasteiger partial charge in [0.15, 0.2) is 0 Å². The van der Waals surface area contributed by atoms with E-state index in [4.69, 9.17) is 4.99 Å². The number of aliphatic imine (C=N–C) groups is 1. The van der Waals surface area contributed by atoms with Gasteiger partial charge in [0, 0.05) is 27.9 Å². The Kier molecular flexibility index (Phi) is 5.02. The summed E-state index contributed by atoms with van der Waals surface area (Å²) in [6, 6.07) is 47.6. The Bertz CT molecular complexity index is 2240. The third-order valence-electron chi connectivity index (χ3n) is 8.90. The van der Waals surface area contributed by atoms with Crippen molar-refractivity contribution < 1.29 is 0 Å². The molecule has 0 radical (unpaired) electrons. The molecule has 0 saturated carbocycles. The molecular formula is C39H27N3. The molecule has 1 N–H and O–H groups in total. The quantitative estimate of drug-likeness (QED) is 0.239.